The Morgan fingerprint density at radius 1 is 1.33 bits per heavy atom. The van der Waals surface area contributed by atoms with Crippen LogP contribution >= 0.6 is 11.3 Å². The molecule has 0 radical (unpaired) electrons. The Bertz CT molecular complexity index is 978. The molecule has 144 valence electrons. The molecule has 0 atom stereocenters. The van der Waals surface area contributed by atoms with Crippen molar-refractivity contribution in [2.45, 2.75) is 26.6 Å². The van der Waals surface area contributed by atoms with Crippen molar-refractivity contribution in [3.05, 3.63) is 52.3 Å². The van der Waals surface area contributed by atoms with E-state index < -0.39 is 11.7 Å². The van der Waals surface area contributed by atoms with Gasteiger partial charge in [-0.2, -0.15) is 13.2 Å². The predicted octanol–water partition coefficient (Wildman–Crippen LogP) is 4.07. The van der Waals surface area contributed by atoms with Crippen LogP contribution in [0.25, 0.3) is 4.96 Å². The fourth-order valence-corrected chi connectivity index (χ4v) is 3.52. The van der Waals surface area contributed by atoms with Crippen LogP contribution in [0.1, 0.15) is 21.8 Å². The highest BCUT2D eigenvalue weighted by Crippen LogP contribution is 2.31. The molecule has 0 aliphatic rings. The third-order valence-electron chi connectivity index (χ3n) is 4.08. The summed E-state index contributed by atoms with van der Waals surface area (Å²) in [5, 5.41) is 0. The van der Waals surface area contributed by atoms with Gasteiger partial charge in [-0.15, -0.1) is 11.3 Å². The summed E-state index contributed by atoms with van der Waals surface area (Å²) in [6, 6.07) is 4.47. The van der Waals surface area contributed by atoms with Gasteiger partial charge in [-0.3, -0.25) is 9.20 Å². The Kier molecular flexibility index (Phi) is 5.14. The highest BCUT2D eigenvalue weighted by atomic mass is 32.1. The second kappa shape index (κ2) is 7.22. The minimum absolute atomic E-state index is 0.00274. The lowest BCUT2D eigenvalue weighted by molar-refractivity contribution is -0.137. The Morgan fingerprint density at radius 3 is 2.78 bits per heavy atom. The molecule has 0 fully saturated rings. The molecule has 5 nitrogen and oxygen atoms in total. The Hall–Kier alpha value is -2.55. The number of hydrogen-bond donors (Lipinski definition) is 0. The lowest BCUT2D eigenvalue weighted by atomic mass is 10.2. The van der Waals surface area contributed by atoms with E-state index in [1.807, 2.05) is 24.4 Å². The maximum absolute atomic E-state index is 12.7. The minimum atomic E-state index is -4.45. The lowest BCUT2D eigenvalue weighted by Crippen LogP contribution is -2.31. The quantitative estimate of drug-likeness (QED) is 0.652. The third-order valence-corrected chi connectivity index (χ3v) is 4.98. The molecule has 0 bridgehead atoms. The monoisotopic (exact) mass is 397 g/mol. The van der Waals surface area contributed by atoms with Crippen LogP contribution in [0.2, 0.25) is 0 Å². The van der Waals surface area contributed by atoms with Gasteiger partial charge >= 0.3 is 6.18 Å². The molecule has 9 heteroatoms. The van der Waals surface area contributed by atoms with Crippen molar-refractivity contribution in [3.63, 3.8) is 0 Å². The summed E-state index contributed by atoms with van der Waals surface area (Å²) in [4.78, 5) is 20.3. The number of ether oxygens (including phenoxy) is 1. The molecule has 0 unspecified atom stereocenters. The highest BCUT2D eigenvalue weighted by molar-refractivity contribution is 7.17. The van der Waals surface area contributed by atoms with Crippen LogP contribution in [0.3, 0.4) is 0 Å². The number of hydrogen-bond acceptors (Lipinski definition) is 4. The van der Waals surface area contributed by atoms with Crippen LogP contribution in [-0.2, 0) is 17.5 Å². The zero-order valence-electron chi connectivity index (χ0n) is 15.0. The summed E-state index contributed by atoms with van der Waals surface area (Å²) < 4.78 is 45.4. The molecule has 2 aromatic heterocycles. The first kappa shape index (κ1) is 19.2. The number of thiazole rings is 1. The zero-order chi connectivity index (χ0) is 19.8. The minimum Gasteiger partial charge on any atom is -0.484 e. The van der Waals surface area contributed by atoms with Crippen molar-refractivity contribution in [1.82, 2.24) is 14.3 Å². The van der Waals surface area contributed by atoms with Crippen molar-refractivity contribution >= 4 is 22.2 Å². The van der Waals surface area contributed by atoms with E-state index in [0.717, 1.165) is 33.4 Å². The van der Waals surface area contributed by atoms with E-state index in [0.29, 0.717) is 6.54 Å². The number of benzene rings is 1. The molecule has 0 spiro atoms. The fraction of sp³-hybridized carbons (Fsp3) is 0.333. The molecule has 0 aliphatic heterocycles. The van der Waals surface area contributed by atoms with Gasteiger partial charge in [-0.05, 0) is 32.0 Å². The molecule has 0 N–H and O–H groups in total. The van der Waals surface area contributed by atoms with E-state index in [9.17, 15) is 18.0 Å². The molecule has 3 aromatic rings. The zero-order valence-corrected chi connectivity index (χ0v) is 15.8. The average Bonchev–Trinajstić information content (AvgIpc) is 3.08. The number of aryl methyl sites for hydroxylation is 2. The molecular formula is C18H18F3N3O2S. The fourth-order valence-electron chi connectivity index (χ4n) is 2.63. The van der Waals surface area contributed by atoms with Gasteiger partial charge in [-0.25, -0.2) is 4.98 Å². The smallest absolute Gasteiger partial charge is 0.416 e. The topological polar surface area (TPSA) is 46.8 Å². The van der Waals surface area contributed by atoms with E-state index >= 15 is 0 Å². The Labute approximate surface area is 158 Å². The molecule has 27 heavy (non-hydrogen) atoms. The van der Waals surface area contributed by atoms with Crippen molar-refractivity contribution in [3.8, 4) is 5.75 Å². The molecule has 0 aliphatic carbocycles. The number of alkyl halides is 3. The van der Waals surface area contributed by atoms with Crippen LogP contribution in [0, 0.1) is 13.8 Å². The number of halogens is 3. The van der Waals surface area contributed by atoms with E-state index in [-0.39, 0.29) is 18.3 Å². The van der Waals surface area contributed by atoms with Gasteiger partial charge in [0.2, 0.25) is 0 Å². The molecule has 0 saturated carbocycles. The van der Waals surface area contributed by atoms with Gasteiger partial charge in [0, 0.05) is 18.1 Å². The third kappa shape index (κ3) is 4.24. The molecule has 2 heterocycles. The van der Waals surface area contributed by atoms with Gasteiger partial charge in [0.05, 0.1) is 23.5 Å². The second-order valence-electron chi connectivity index (χ2n) is 6.20. The molecule has 1 amide bonds. The summed E-state index contributed by atoms with van der Waals surface area (Å²) in [6.07, 6.45) is -2.49. The normalized spacial score (nSPS) is 11.8. The maximum Gasteiger partial charge on any atom is 0.416 e. The van der Waals surface area contributed by atoms with Gasteiger partial charge in [0.25, 0.3) is 5.91 Å². The highest BCUT2D eigenvalue weighted by Gasteiger charge is 2.30. The lowest BCUT2D eigenvalue weighted by Gasteiger charge is -2.18. The van der Waals surface area contributed by atoms with E-state index in [4.69, 9.17) is 4.74 Å². The summed E-state index contributed by atoms with van der Waals surface area (Å²) in [6.45, 7) is 3.84. The van der Waals surface area contributed by atoms with Crippen LogP contribution < -0.4 is 4.74 Å². The average molecular weight is 397 g/mol. The van der Waals surface area contributed by atoms with Gasteiger partial charge < -0.3 is 9.64 Å². The van der Waals surface area contributed by atoms with Crippen molar-refractivity contribution in [1.29, 1.82) is 0 Å². The summed E-state index contributed by atoms with van der Waals surface area (Å²) in [5.74, 6) is -0.336. The number of amides is 1. The number of likely N-dealkylation sites (N-methyl/N-ethyl adjacent to an activating group) is 1. The molecule has 0 saturated heterocycles. The van der Waals surface area contributed by atoms with Crippen molar-refractivity contribution < 1.29 is 22.7 Å². The van der Waals surface area contributed by atoms with E-state index in [1.54, 1.807) is 18.4 Å². The van der Waals surface area contributed by atoms with Crippen LogP contribution in [-0.4, -0.2) is 33.8 Å². The first-order valence-electron chi connectivity index (χ1n) is 8.13. The number of nitrogens with zero attached hydrogens (tertiary/aromatic N) is 3. The van der Waals surface area contributed by atoms with Gasteiger partial charge in [0.1, 0.15) is 5.75 Å². The standard InChI is InChI=1S/C18H18F3N3O2S/c1-11-8-24-15(12(2)22-17(24)27-11)9-23(3)16(25)10-26-14-6-4-5-13(7-14)18(19,20)21/h4-8H,9-10H2,1-3H3. The largest absolute Gasteiger partial charge is 0.484 e. The number of aromatic nitrogens is 2. The summed E-state index contributed by atoms with van der Waals surface area (Å²) in [5.41, 5.74) is 0.912. The predicted molar refractivity (Wildman–Crippen MR) is 96.0 cm³/mol. The number of fused-ring (bicyclic) bond motifs is 1. The van der Waals surface area contributed by atoms with E-state index in [2.05, 4.69) is 4.98 Å². The Balaban J connectivity index is 1.65. The first-order chi connectivity index (χ1) is 12.6. The summed E-state index contributed by atoms with van der Waals surface area (Å²) in [7, 11) is 1.62. The van der Waals surface area contributed by atoms with Crippen LogP contribution in [0.5, 0.6) is 5.75 Å². The number of carbonyl (C=O) groups is 1. The van der Waals surface area contributed by atoms with Crippen molar-refractivity contribution in [2.75, 3.05) is 13.7 Å². The SMILES string of the molecule is Cc1cn2c(CN(C)C(=O)COc3cccc(C(F)(F)F)c3)c(C)nc2s1. The van der Waals surface area contributed by atoms with Crippen LogP contribution in [0.15, 0.2) is 30.5 Å². The van der Waals surface area contributed by atoms with E-state index in [1.165, 1.54) is 17.0 Å². The second-order valence-corrected chi connectivity index (χ2v) is 7.42. The molecular weight excluding hydrogens is 379 g/mol. The number of rotatable bonds is 5. The van der Waals surface area contributed by atoms with Crippen molar-refractivity contribution in [2.24, 2.45) is 0 Å². The maximum atomic E-state index is 12.7. The molecule has 3 rings (SSSR count). The van der Waals surface area contributed by atoms with Crippen LogP contribution in [0.4, 0.5) is 13.2 Å². The molecule has 1 aromatic carbocycles. The summed E-state index contributed by atoms with van der Waals surface area (Å²) >= 11 is 1.57. The number of carbonyl (C=O) groups excluding carboxylic acids is 1. The first-order valence-corrected chi connectivity index (χ1v) is 8.95. The number of imidazole rings is 1. The van der Waals surface area contributed by atoms with Gasteiger partial charge in [-0.1, -0.05) is 6.07 Å². The van der Waals surface area contributed by atoms with Gasteiger partial charge in [0.15, 0.2) is 11.6 Å². The Morgan fingerprint density at radius 2 is 2.07 bits per heavy atom.